The summed E-state index contributed by atoms with van der Waals surface area (Å²) in [5.74, 6) is 0. The van der Waals surface area contributed by atoms with E-state index >= 15 is 0 Å². The summed E-state index contributed by atoms with van der Waals surface area (Å²) in [5, 5.41) is 3.25. The molecule has 10 heavy (non-hydrogen) atoms. The molecule has 0 amide bonds. The minimum atomic E-state index is 0.704. The Bertz CT molecular complexity index is 201. The molecule has 2 heterocycles. The van der Waals surface area contributed by atoms with E-state index in [1.54, 1.807) is 6.26 Å². The summed E-state index contributed by atoms with van der Waals surface area (Å²) in [6.07, 6.45) is 7.89. The third-order valence-corrected chi connectivity index (χ3v) is 1.65. The largest absolute Gasteiger partial charge is 0.496 e. The average molecular weight is 135 g/mol. The Morgan fingerprint density at radius 1 is 1.40 bits per heavy atom. The third kappa shape index (κ3) is 0.817. The van der Waals surface area contributed by atoms with E-state index in [9.17, 15) is 0 Å². The van der Waals surface area contributed by atoms with Crippen LogP contribution < -0.4 is 5.32 Å². The molecule has 1 N–H and O–H groups in total. The Balaban J connectivity index is 2.32. The zero-order valence-electron chi connectivity index (χ0n) is 5.63. The molecule has 52 valence electrons. The monoisotopic (exact) mass is 135 g/mol. The van der Waals surface area contributed by atoms with Crippen LogP contribution in [0.2, 0.25) is 0 Å². The Morgan fingerprint density at radius 3 is 3.30 bits per heavy atom. The minimum absolute atomic E-state index is 0.704. The first-order valence-corrected chi connectivity index (χ1v) is 3.38. The summed E-state index contributed by atoms with van der Waals surface area (Å²) in [7, 11) is 0. The third-order valence-electron chi connectivity index (χ3n) is 1.65. The fourth-order valence-corrected chi connectivity index (χ4v) is 1.12. The molecule has 0 atom stereocenters. The SMILES string of the molecule is C1=CC2=C(C=COC2)NC1. The molecule has 0 bridgehead atoms. The zero-order valence-corrected chi connectivity index (χ0v) is 5.63. The van der Waals surface area contributed by atoms with Gasteiger partial charge in [-0.2, -0.15) is 0 Å². The van der Waals surface area contributed by atoms with Crippen LogP contribution >= 0.6 is 0 Å². The van der Waals surface area contributed by atoms with Crippen molar-refractivity contribution in [3.8, 4) is 0 Å². The van der Waals surface area contributed by atoms with E-state index < -0.39 is 0 Å². The van der Waals surface area contributed by atoms with Crippen molar-refractivity contribution in [1.82, 2.24) is 5.32 Å². The summed E-state index contributed by atoms with van der Waals surface area (Å²) in [6, 6.07) is 0. The average Bonchev–Trinajstić information content (AvgIpc) is 2.05. The van der Waals surface area contributed by atoms with E-state index in [0.717, 1.165) is 6.54 Å². The summed E-state index contributed by atoms with van der Waals surface area (Å²) < 4.78 is 5.11. The maximum Gasteiger partial charge on any atom is 0.114 e. The molecule has 0 radical (unpaired) electrons. The molecule has 0 unspecified atom stereocenters. The highest BCUT2D eigenvalue weighted by Crippen LogP contribution is 2.13. The van der Waals surface area contributed by atoms with E-state index in [1.165, 1.54) is 11.3 Å². The Labute approximate surface area is 59.9 Å². The van der Waals surface area contributed by atoms with Crippen molar-refractivity contribution in [2.24, 2.45) is 0 Å². The molecule has 0 aliphatic carbocycles. The van der Waals surface area contributed by atoms with Gasteiger partial charge in [-0.1, -0.05) is 12.2 Å². The highest BCUT2D eigenvalue weighted by atomic mass is 16.5. The first-order chi connectivity index (χ1) is 4.97. The van der Waals surface area contributed by atoms with E-state index in [1.807, 2.05) is 6.08 Å². The second-order valence-electron chi connectivity index (χ2n) is 2.34. The Morgan fingerprint density at radius 2 is 2.40 bits per heavy atom. The van der Waals surface area contributed by atoms with Crippen LogP contribution in [0.25, 0.3) is 0 Å². The van der Waals surface area contributed by atoms with Gasteiger partial charge in [0.1, 0.15) is 6.61 Å². The van der Waals surface area contributed by atoms with Gasteiger partial charge >= 0.3 is 0 Å². The van der Waals surface area contributed by atoms with Gasteiger partial charge < -0.3 is 10.1 Å². The molecule has 2 heteroatoms. The summed E-state index contributed by atoms with van der Waals surface area (Å²) in [4.78, 5) is 0. The number of allylic oxidation sites excluding steroid dienone is 1. The smallest absolute Gasteiger partial charge is 0.114 e. The lowest BCUT2D eigenvalue weighted by Gasteiger charge is -2.18. The number of hydrogen-bond acceptors (Lipinski definition) is 2. The molecule has 0 aromatic heterocycles. The predicted molar refractivity (Wildman–Crippen MR) is 39.3 cm³/mol. The van der Waals surface area contributed by atoms with E-state index in [0.29, 0.717) is 6.61 Å². The molecule has 2 aliphatic heterocycles. The van der Waals surface area contributed by atoms with Crippen molar-refractivity contribution in [2.45, 2.75) is 0 Å². The van der Waals surface area contributed by atoms with Crippen molar-refractivity contribution in [3.05, 3.63) is 35.8 Å². The maximum atomic E-state index is 5.11. The molecule has 2 aliphatic rings. The van der Waals surface area contributed by atoms with Crippen LogP contribution in [0.3, 0.4) is 0 Å². The van der Waals surface area contributed by atoms with Gasteiger partial charge in [0.2, 0.25) is 0 Å². The lowest BCUT2D eigenvalue weighted by atomic mass is 10.1. The Hall–Kier alpha value is -1.18. The number of hydrogen-bond donors (Lipinski definition) is 1. The first-order valence-electron chi connectivity index (χ1n) is 3.38. The summed E-state index contributed by atoms with van der Waals surface area (Å²) in [5.41, 5.74) is 2.45. The molecule has 0 aromatic carbocycles. The molecule has 0 aromatic rings. The summed E-state index contributed by atoms with van der Waals surface area (Å²) >= 11 is 0. The van der Waals surface area contributed by atoms with Gasteiger partial charge in [0.25, 0.3) is 0 Å². The lowest BCUT2D eigenvalue weighted by molar-refractivity contribution is 0.275. The second-order valence-corrected chi connectivity index (χ2v) is 2.34. The van der Waals surface area contributed by atoms with Crippen LogP contribution in [-0.2, 0) is 4.74 Å². The molecule has 0 saturated carbocycles. The molecule has 2 nitrogen and oxygen atoms in total. The van der Waals surface area contributed by atoms with Crippen LogP contribution in [0.4, 0.5) is 0 Å². The van der Waals surface area contributed by atoms with Gasteiger partial charge in [0, 0.05) is 17.8 Å². The quantitative estimate of drug-likeness (QED) is 0.533. The van der Waals surface area contributed by atoms with E-state index in [4.69, 9.17) is 4.74 Å². The van der Waals surface area contributed by atoms with Crippen molar-refractivity contribution < 1.29 is 4.74 Å². The Kier molecular flexibility index (Phi) is 1.24. The van der Waals surface area contributed by atoms with Gasteiger partial charge in [0.05, 0.1) is 6.26 Å². The van der Waals surface area contributed by atoms with Crippen LogP contribution in [0, 0.1) is 0 Å². The molecular weight excluding hydrogens is 126 g/mol. The number of nitrogens with one attached hydrogen (secondary N) is 1. The zero-order chi connectivity index (χ0) is 6.81. The fourth-order valence-electron chi connectivity index (χ4n) is 1.12. The van der Waals surface area contributed by atoms with Gasteiger partial charge in [-0.25, -0.2) is 0 Å². The van der Waals surface area contributed by atoms with Crippen LogP contribution in [0.15, 0.2) is 35.8 Å². The highest BCUT2D eigenvalue weighted by Gasteiger charge is 2.07. The van der Waals surface area contributed by atoms with Crippen LogP contribution in [0.1, 0.15) is 0 Å². The van der Waals surface area contributed by atoms with Crippen molar-refractivity contribution >= 4 is 0 Å². The predicted octanol–water partition coefficient (Wildman–Crippen LogP) is 0.944. The van der Waals surface area contributed by atoms with Gasteiger partial charge in [-0.05, 0) is 6.08 Å². The second kappa shape index (κ2) is 2.21. The van der Waals surface area contributed by atoms with Gasteiger partial charge in [0.15, 0.2) is 0 Å². The maximum absolute atomic E-state index is 5.11. The first kappa shape index (κ1) is 5.59. The number of rotatable bonds is 0. The van der Waals surface area contributed by atoms with Crippen LogP contribution in [0.5, 0.6) is 0 Å². The fraction of sp³-hybridized carbons (Fsp3) is 0.250. The van der Waals surface area contributed by atoms with Crippen molar-refractivity contribution in [3.63, 3.8) is 0 Å². The number of ether oxygens (including phenoxy) is 1. The highest BCUT2D eigenvalue weighted by molar-refractivity contribution is 5.36. The van der Waals surface area contributed by atoms with Crippen molar-refractivity contribution in [1.29, 1.82) is 0 Å². The van der Waals surface area contributed by atoms with Gasteiger partial charge in [-0.3, -0.25) is 0 Å². The van der Waals surface area contributed by atoms with E-state index in [2.05, 4.69) is 17.5 Å². The molecule has 0 spiro atoms. The normalized spacial score (nSPS) is 21.6. The minimum Gasteiger partial charge on any atom is -0.496 e. The van der Waals surface area contributed by atoms with E-state index in [-0.39, 0.29) is 0 Å². The topological polar surface area (TPSA) is 21.3 Å². The van der Waals surface area contributed by atoms with Gasteiger partial charge in [-0.15, -0.1) is 0 Å². The van der Waals surface area contributed by atoms with Crippen LogP contribution in [-0.4, -0.2) is 13.2 Å². The van der Waals surface area contributed by atoms with Crippen molar-refractivity contribution in [2.75, 3.05) is 13.2 Å². The molecule has 0 fully saturated rings. The lowest BCUT2D eigenvalue weighted by Crippen LogP contribution is -2.20. The molecule has 0 saturated heterocycles. The molecular formula is C8H9NO. The molecule has 2 rings (SSSR count). The standard InChI is InChI=1S/C8H9NO/c1-2-7-6-10-5-3-8(7)9-4-1/h1-3,5,9H,4,6H2. The number of dihydropyridines is 1. The summed E-state index contributed by atoms with van der Waals surface area (Å²) in [6.45, 7) is 1.64.